The molecule has 0 spiro atoms. The highest BCUT2D eigenvalue weighted by Gasteiger charge is 2.21. The number of nitrogens with one attached hydrogen (secondary N) is 2. The van der Waals surface area contributed by atoms with E-state index in [1.54, 1.807) is 54.6 Å². The average Bonchev–Trinajstić information content (AvgIpc) is 3.30. The molecule has 2 aromatic heterocycles. The predicted molar refractivity (Wildman–Crippen MR) is 137 cm³/mol. The Bertz CT molecular complexity index is 1520. The van der Waals surface area contributed by atoms with Crippen molar-refractivity contribution in [3.05, 3.63) is 94.6 Å². The Labute approximate surface area is 212 Å². The summed E-state index contributed by atoms with van der Waals surface area (Å²) in [5.41, 5.74) is 1.82. The number of urea groups is 1. The molecule has 2 heterocycles. The molecule has 0 saturated carbocycles. The van der Waals surface area contributed by atoms with Gasteiger partial charge in [-0.3, -0.25) is 10.1 Å². The van der Waals surface area contributed by atoms with Gasteiger partial charge in [0, 0.05) is 22.8 Å². The summed E-state index contributed by atoms with van der Waals surface area (Å²) in [7, 11) is -2.16. The molecule has 36 heavy (non-hydrogen) atoms. The number of sulfone groups is 1. The van der Waals surface area contributed by atoms with Crippen molar-refractivity contribution in [2.75, 3.05) is 17.7 Å². The maximum Gasteiger partial charge on any atom is 0.325 e. The van der Waals surface area contributed by atoms with E-state index in [9.17, 15) is 18.0 Å². The van der Waals surface area contributed by atoms with Gasteiger partial charge in [-0.15, -0.1) is 11.3 Å². The molecule has 11 heteroatoms. The molecule has 0 aliphatic rings. The van der Waals surface area contributed by atoms with Crippen molar-refractivity contribution >= 4 is 43.8 Å². The lowest BCUT2D eigenvalue weighted by Crippen LogP contribution is -2.21. The second-order valence-corrected chi connectivity index (χ2v) is 10.8. The third-order valence-corrected chi connectivity index (χ3v) is 7.75. The number of aromatic nitrogens is 2. The molecule has 0 bridgehead atoms. The first-order valence-electron chi connectivity index (χ1n) is 10.7. The number of para-hydroxylation sites is 1. The third-order valence-electron chi connectivity index (χ3n) is 5.08. The number of amides is 2. The molecule has 0 aliphatic heterocycles. The summed E-state index contributed by atoms with van der Waals surface area (Å²) < 4.78 is 30.4. The number of hydrogen-bond donors (Lipinski definition) is 2. The summed E-state index contributed by atoms with van der Waals surface area (Å²) in [5, 5.41) is 5.46. The van der Waals surface area contributed by atoms with Gasteiger partial charge in [-0.2, -0.15) is 0 Å². The molecular weight excluding hydrogens is 500 g/mol. The fraction of sp³-hybridized carbons (Fsp3) is 0.120. The van der Waals surface area contributed by atoms with E-state index >= 15 is 0 Å². The number of aryl methyl sites for hydroxylation is 1. The van der Waals surface area contributed by atoms with Crippen LogP contribution < -0.4 is 15.4 Å². The van der Waals surface area contributed by atoms with Crippen LogP contribution in [0.4, 0.5) is 15.6 Å². The lowest BCUT2D eigenvalue weighted by molar-refractivity contribution is 0.103. The molecule has 2 aromatic carbocycles. The predicted octanol–water partition coefficient (Wildman–Crippen LogP) is 4.70. The third kappa shape index (κ3) is 5.75. The molecule has 2 N–H and O–H groups in total. The van der Waals surface area contributed by atoms with Crippen molar-refractivity contribution in [1.29, 1.82) is 0 Å². The monoisotopic (exact) mass is 522 g/mol. The largest absolute Gasteiger partial charge is 0.496 e. The van der Waals surface area contributed by atoms with Gasteiger partial charge in [-0.05, 0) is 43.3 Å². The van der Waals surface area contributed by atoms with Crippen LogP contribution in [0.15, 0.2) is 78.1 Å². The number of rotatable bonds is 8. The Kier molecular flexibility index (Phi) is 7.41. The van der Waals surface area contributed by atoms with Gasteiger partial charge in [0.1, 0.15) is 5.75 Å². The number of ether oxygens (including phenoxy) is 1. The van der Waals surface area contributed by atoms with Gasteiger partial charge in [0.2, 0.25) is 9.84 Å². The maximum atomic E-state index is 13.3. The summed E-state index contributed by atoms with van der Waals surface area (Å²) in [6, 6.07) is 16.0. The molecule has 2 amide bonds. The van der Waals surface area contributed by atoms with Crippen LogP contribution in [-0.2, 0) is 15.6 Å². The minimum absolute atomic E-state index is 0.0303. The fourth-order valence-corrected chi connectivity index (χ4v) is 5.82. The maximum absolute atomic E-state index is 13.3. The first-order chi connectivity index (χ1) is 17.3. The Morgan fingerprint density at radius 2 is 1.75 bits per heavy atom. The van der Waals surface area contributed by atoms with Crippen molar-refractivity contribution < 1.29 is 22.7 Å². The summed E-state index contributed by atoms with van der Waals surface area (Å²) in [6.07, 6.45) is 2.80. The molecule has 0 fully saturated rings. The fourth-order valence-electron chi connectivity index (χ4n) is 3.41. The van der Waals surface area contributed by atoms with Crippen LogP contribution in [-0.4, -0.2) is 37.3 Å². The highest BCUT2D eigenvalue weighted by Crippen LogP contribution is 2.27. The van der Waals surface area contributed by atoms with Crippen LogP contribution in [0, 0.1) is 6.92 Å². The van der Waals surface area contributed by atoms with Gasteiger partial charge in [0.05, 0.1) is 24.1 Å². The molecule has 0 radical (unpaired) electrons. The number of nitrogens with zero attached hydrogens (tertiary/aromatic N) is 2. The first kappa shape index (κ1) is 25.0. The van der Waals surface area contributed by atoms with Crippen molar-refractivity contribution in [3.8, 4) is 5.75 Å². The van der Waals surface area contributed by atoms with E-state index < -0.39 is 15.9 Å². The van der Waals surface area contributed by atoms with Gasteiger partial charge < -0.3 is 10.1 Å². The number of benzene rings is 2. The van der Waals surface area contributed by atoms with E-state index in [0.717, 1.165) is 16.9 Å². The van der Waals surface area contributed by atoms with Crippen LogP contribution in [0.1, 0.15) is 26.4 Å². The van der Waals surface area contributed by atoms with Gasteiger partial charge in [-0.1, -0.05) is 29.8 Å². The summed E-state index contributed by atoms with van der Waals surface area (Å²) in [4.78, 5) is 34.4. The van der Waals surface area contributed by atoms with Crippen molar-refractivity contribution in [2.45, 2.75) is 17.7 Å². The number of anilines is 2. The Morgan fingerprint density at radius 3 is 2.50 bits per heavy atom. The van der Waals surface area contributed by atoms with E-state index in [1.165, 1.54) is 25.6 Å². The van der Waals surface area contributed by atoms with Crippen molar-refractivity contribution in [3.63, 3.8) is 0 Å². The second kappa shape index (κ2) is 10.7. The summed E-state index contributed by atoms with van der Waals surface area (Å²) in [6.45, 7) is 1.85. The van der Waals surface area contributed by atoms with Crippen LogP contribution in [0.25, 0.3) is 0 Å². The molecular formula is C25H22N4O5S2. The van der Waals surface area contributed by atoms with E-state index in [1.807, 2.05) is 6.92 Å². The number of pyridine rings is 1. The Hall–Kier alpha value is -4.09. The van der Waals surface area contributed by atoms with E-state index in [4.69, 9.17) is 4.74 Å². The van der Waals surface area contributed by atoms with Crippen LogP contribution in [0.2, 0.25) is 0 Å². The summed E-state index contributed by atoms with van der Waals surface area (Å²) >= 11 is 1.03. The zero-order valence-corrected chi connectivity index (χ0v) is 21.0. The van der Waals surface area contributed by atoms with Crippen molar-refractivity contribution in [2.24, 2.45) is 0 Å². The van der Waals surface area contributed by atoms with Crippen LogP contribution in [0.3, 0.4) is 0 Å². The van der Waals surface area contributed by atoms with E-state index in [-0.39, 0.29) is 21.7 Å². The smallest absolute Gasteiger partial charge is 0.325 e. The van der Waals surface area contributed by atoms with Gasteiger partial charge in [-0.25, -0.2) is 23.2 Å². The first-order valence-corrected chi connectivity index (χ1v) is 13.2. The van der Waals surface area contributed by atoms with Crippen LogP contribution >= 0.6 is 11.3 Å². The molecule has 0 aliphatic carbocycles. The second-order valence-electron chi connectivity index (χ2n) is 7.72. The number of methoxy groups -OCH3 is 1. The Balaban J connectivity index is 1.49. The molecule has 184 valence electrons. The van der Waals surface area contributed by atoms with E-state index in [0.29, 0.717) is 27.4 Å². The lowest BCUT2D eigenvalue weighted by Gasteiger charge is -2.13. The molecule has 0 unspecified atom stereocenters. The zero-order chi connectivity index (χ0) is 25.7. The molecule has 4 rings (SSSR count). The van der Waals surface area contributed by atoms with Crippen LogP contribution in [0.5, 0.6) is 5.75 Å². The minimum atomic E-state index is -3.65. The van der Waals surface area contributed by atoms with Gasteiger partial charge in [0.25, 0.3) is 0 Å². The highest BCUT2D eigenvalue weighted by molar-refractivity contribution is 7.90. The summed E-state index contributed by atoms with van der Waals surface area (Å²) in [5.74, 6) is -0.168. The minimum Gasteiger partial charge on any atom is -0.496 e. The normalized spacial score (nSPS) is 11.1. The molecule has 0 atom stereocenters. The lowest BCUT2D eigenvalue weighted by atomic mass is 9.99. The molecule has 0 saturated heterocycles. The quantitative estimate of drug-likeness (QED) is 0.321. The zero-order valence-electron chi connectivity index (χ0n) is 19.4. The number of ketones is 1. The van der Waals surface area contributed by atoms with Gasteiger partial charge >= 0.3 is 6.03 Å². The number of thiazole rings is 1. The topological polar surface area (TPSA) is 127 Å². The number of carbonyl (C=O) groups is 2. The average molecular weight is 523 g/mol. The van der Waals surface area contributed by atoms with Crippen molar-refractivity contribution in [1.82, 2.24) is 9.97 Å². The highest BCUT2D eigenvalue weighted by atomic mass is 32.2. The van der Waals surface area contributed by atoms with Gasteiger partial charge in [0.15, 0.2) is 15.9 Å². The number of carbonyl (C=O) groups excluding carboxylic acids is 2. The SMILES string of the molecule is COc1ccccc1C(=O)c1cc(C)ccc1NC(=O)Nc1ncc(CS(=O)(=O)c2ccccn2)s1. The molecule has 9 nitrogen and oxygen atoms in total. The Morgan fingerprint density at radius 1 is 0.972 bits per heavy atom. The van der Waals surface area contributed by atoms with E-state index in [2.05, 4.69) is 20.6 Å². The standard InChI is InChI=1S/C25H22N4O5S2/c1-16-10-11-20(19(13-16)23(30)18-7-3-4-8-21(18)34-2)28-24(31)29-25-27-14-17(35-25)15-36(32,33)22-9-5-6-12-26-22/h3-14H,15H2,1-2H3,(H2,27,28,29,31). The number of hydrogen-bond acceptors (Lipinski definition) is 8. The molecule has 4 aromatic rings.